The highest BCUT2D eigenvalue weighted by atomic mass is 19.1. The van der Waals surface area contributed by atoms with Crippen molar-refractivity contribution < 1.29 is 32.8 Å². The molecule has 69 heavy (non-hydrogen) atoms. The Labute approximate surface area is 402 Å². The Hall–Kier alpha value is -7.35. The topological polar surface area (TPSA) is 159 Å². The molecule has 4 aromatic heterocycles. The number of benzene rings is 4. The lowest BCUT2D eigenvalue weighted by Crippen LogP contribution is -2.17. The summed E-state index contributed by atoms with van der Waals surface area (Å²) in [6.45, 7) is 12.9. The Bertz CT molecular complexity index is 3200. The normalized spacial score (nSPS) is 10.9. The molecule has 0 aliphatic heterocycles. The summed E-state index contributed by atoms with van der Waals surface area (Å²) in [6.07, 6.45) is 5.91. The fraction of sp³-hybridized carbons (Fsp3) is 0.345. The highest BCUT2D eigenvalue weighted by molar-refractivity contribution is 5.92. The third-order valence-corrected chi connectivity index (χ3v) is 11.7. The van der Waals surface area contributed by atoms with E-state index in [1.54, 1.807) is 41.6 Å². The van der Waals surface area contributed by atoms with Crippen LogP contribution in [-0.2, 0) is 25.7 Å². The van der Waals surface area contributed by atoms with Gasteiger partial charge in [-0.3, -0.25) is 14.6 Å². The highest BCUT2D eigenvalue weighted by Gasteiger charge is 2.20. The lowest BCUT2D eigenvalue weighted by molar-refractivity contribution is 0.322. The minimum Gasteiger partial charge on any atom is -0.497 e. The summed E-state index contributed by atoms with van der Waals surface area (Å²) in [4.78, 5) is 41.9. The standard InChI is InChI=1S/C28H32FN3O4.C25H26N2O4.C2H6/c1-6-9-22-19-14-26(35-5)25(34-4)13-18(19)20(28(33)32-22)11-17-10-16-12-24(36-8-3)21(29)15-23(16)31-27(17)30-7-2;1-5-6-22-19-13-24(31-4)23(30-3)12-18(19)20(25(28)27-22)10-15-9-16-11-17(29-2)7-8-21(16)26-14-15;1-2/h10,12-15H,6-9,11H2,1-5H3,(H,30,31)(H,32,33);7-9,11-14H,5-6,10H2,1-4H3,(H,27,28);1-2H3. The average molecular weight is 942 g/mol. The summed E-state index contributed by atoms with van der Waals surface area (Å²) in [5.74, 6) is 3.51. The molecule has 364 valence electrons. The number of aromatic amines is 2. The molecule has 13 nitrogen and oxygen atoms in total. The van der Waals surface area contributed by atoms with E-state index >= 15 is 0 Å². The molecule has 3 N–H and O–H groups in total. The van der Waals surface area contributed by atoms with Gasteiger partial charge in [0, 0.05) is 75.7 Å². The zero-order valence-electron chi connectivity index (χ0n) is 41.6. The predicted octanol–water partition coefficient (Wildman–Crippen LogP) is 11.3. The van der Waals surface area contributed by atoms with Crippen molar-refractivity contribution in [2.45, 2.75) is 80.1 Å². The van der Waals surface area contributed by atoms with E-state index in [0.29, 0.717) is 71.5 Å². The first-order chi connectivity index (χ1) is 33.5. The zero-order chi connectivity index (χ0) is 49.8. The van der Waals surface area contributed by atoms with Crippen LogP contribution in [-0.4, -0.2) is 68.6 Å². The maximum absolute atomic E-state index is 14.5. The van der Waals surface area contributed by atoms with Crippen molar-refractivity contribution in [3.05, 3.63) is 133 Å². The Morgan fingerprint density at radius 1 is 0.594 bits per heavy atom. The lowest BCUT2D eigenvalue weighted by Gasteiger charge is -2.16. The molecular weight excluding hydrogens is 878 g/mol. The third-order valence-electron chi connectivity index (χ3n) is 11.7. The number of nitrogens with zero attached hydrogens (tertiary/aromatic N) is 2. The first kappa shape index (κ1) is 51.0. The minimum atomic E-state index is -0.456. The van der Waals surface area contributed by atoms with E-state index in [9.17, 15) is 14.0 Å². The average Bonchev–Trinajstić information content (AvgIpc) is 3.36. The van der Waals surface area contributed by atoms with Crippen LogP contribution in [0.25, 0.3) is 43.4 Å². The van der Waals surface area contributed by atoms with Gasteiger partial charge in [0.25, 0.3) is 11.1 Å². The molecule has 0 aliphatic rings. The Kier molecular flexibility index (Phi) is 17.5. The van der Waals surface area contributed by atoms with Gasteiger partial charge in [0.1, 0.15) is 11.6 Å². The number of halogens is 1. The zero-order valence-corrected chi connectivity index (χ0v) is 41.6. The van der Waals surface area contributed by atoms with Gasteiger partial charge in [0.2, 0.25) is 0 Å². The van der Waals surface area contributed by atoms with E-state index in [0.717, 1.165) is 91.8 Å². The summed E-state index contributed by atoms with van der Waals surface area (Å²) in [7, 11) is 8.03. The van der Waals surface area contributed by atoms with Gasteiger partial charge in [0.15, 0.2) is 34.6 Å². The number of pyridine rings is 4. The predicted molar refractivity (Wildman–Crippen MR) is 276 cm³/mol. The number of aromatic nitrogens is 4. The number of hydrogen-bond donors (Lipinski definition) is 3. The molecule has 0 fully saturated rings. The number of rotatable bonds is 17. The third kappa shape index (κ3) is 11.2. The number of aryl methyl sites for hydroxylation is 2. The van der Waals surface area contributed by atoms with Crippen molar-refractivity contribution in [3.8, 4) is 34.5 Å². The maximum atomic E-state index is 14.5. The maximum Gasteiger partial charge on any atom is 0.252 e. The Balaban J connectivity index is 0.000000221. The van der Waals surface area contributed by atoms with Crippen molar-refractivity contribution in [1.82, 2.24) is 19.9 Å². The van der Waals surface area contributed by atoms with Crippen LogP contribution >= 0.6 is 0 Å². The molecule has 14 heteroatoms. The fourth-order valence-corrected chi connectivity index (χ4v) is 8.52. The molecule has 0 spiro atoms. The molecular formula is C55H64FN5O8. The molecule has 0 unspecified atom stereocenters. The van der Waals surface area contributed by atoms with Crippen molar-refractivity contribution >= 4 is 49.2 Å². The van der Waals surface area contributed by atoms with E-state index in [1.165, 1.54) is 6.07 Å². The number of hydrogen-bond acceptors (Lipinski definition) is 11. The van der Waals surface area contributed by atoms with Gasteiger partial charge in [-0.15, -0.1) is 0 Å². The molecule has 8 rings (SSSR count). The summed E-state index contributed by atoms with van der Waals surface area (Å²) in [5.41, 5.74) is 5.97. The lowest BCUT2D eigenvalue weighted by atomic mass is 9.96. The van der Waals surface area contributed by atoms with Crippen LogP contribution in [0.5, 0.6) is 34.5 Å². The fourth-order valence-electron chi connectivity index (χ4n) is 8.52. The van der Waals surface area contributed by atoms with Gasteiger partial charge < -0.3 is 43.7 Å². The van der Waals surface area contributed by atoms with Crippen molar-refractivity contribution in [2.75, 3.05) is 54.0 Å². The molecule has 0 aliphatic carbocycles. The largest absolute Gasteiger partial charge is 0.497 e. The number of nitrogens with one attached hydrogen (secondary N) is 3. The first-order valence-corrected chi connectivity index (χ1v) is 23.5. The molecule has 0 bridgehead atoms. The van der Waals surface area contributed by atoms with Crippen LogP contribution in [0.4, 0.5) is 10.2 Å². The van der Waals surface area contributed by atoms with Crippen molar-refractivity contribution in [1.29, 1.82) is 0 Å². The Morgan fingerprint density at radius 2 is 1.13 bits per heavy atom. The summed E-state index contributed by atoms with van der Waals surface area (Å²) in [6, 6.07) is 20.4. The molecule has 8 aromatic rings. The van der Waals surface area contributed by atoms with Crippen LogP contribution in [0.1, 0.15) is 88.0 Å². The highest BCUT2D eigenvalue weighted by Crippen LogP contribution is 2.37. The molecule has 0 saturated heterocycles. The second-order valence-corrected chi connectivity index (χ2v) is 16.0. The van der Waals surface area contributed by atoms with Crippen LogP contribution in [0.2, 0.25) is 0 Å². The van der Waals surface area contributed by atoms with Gasteiger partial charge in [-0.25, -0.2) is 9.37 Å². The van der Waals surface area contributed by atoms with Crippen LogP contribution < -0.4 is 44.9 Å². The quantitative estimate of drug-likeness (QED) is 0.0797. The Morgan fingerprint density at radius 3 is 1.64 bits per heavy atom. The summed E-state index contributed by atoms with van der Waals surface area (Å²) < 4.78 is 47.3. The molecule has 0 saturated carbocycles. The van der Waals surface area contributed by atoms with Gasteiger partial charge in [-0.1, -0.05) is 40.5 Å². The monoisotopic (exact) mass is 941 g/mol. The summed E-state index contributed by atoms with van der Waals surface area (Å²) in [5, 5.41) is 8.54. The van der Waals surface area contributed by atoms with Crippen LogP contribution in [0.3, 0.4) is 0 Å². The van der Waals surface area contributed by atoms with E-state index in [1.807, 2.05) is 82.4 Å². The molecule has 4 heterocycles. The summed E-state index contributed by atoms with van der Waals surface area (Å²) >= 11 is 0. The van der Waals surface area contributed by atoms with E-state index in [4.69, 9.17) is 28.4 Å². The SMILES string of the molecule is CC.CCCc1[nH]c(=O)c(Cc2cc3cc(OCC)c(F)cc3nc2NCC)c2cc(OC)c(OC)cc12.CCCc1[nH]c(=O)c(Cc2cnc3ccc(OC)cc3c2)c2cc(OC)c(OC)cc12. The van der Waals surface area contributed by atoms with Gasteiger partial charge >= 0.3 is 0 Å². The number of fused-ring (bicyclic) bond motifs is 4. The smallest absolute Gasteiger partial charge is 0.252 e. The minimum absolute atomic E-state index is 0.0890. The van der Waals surface area contributed by atoms with E-state index in [2.05, 4.69) is 45.2 Å². The van der Waals surface area contributed by atoms with Crippen LogP contribution in [0, 0.1) is 5.82 Å². The molecule has 0 amide bonds. The van der Waals surface area contributed by atoms with Gasteiger partial charge in [-0.2, -0.15) is 0 Å². The second-order valence-electron chi connectivity index (χ2n) is 16.0. The number of methoxy groups -OCH3 is 5. The first-order valence-electron chi connectivity index (χ1n) is 23.5. The number of ether oxygens (including phenoxy) is 6. The molecule has 4 aromatic carbocycles. The number of H-pyrrole nitrogens is 2. The molecule has 0 radical (unpaired) electrons. The second kappa shape index (κ2) is 23.6. The van der Waals surface area contributed by atoms with E-state index in [-0.39, 0.29) is 16.9 Å². The molecule has 0 atom stereocenters. The number of anilines is 1. The van der Waals surface area contributed by atoms with Gasteiger partial charge in [-0.05, 0) is 109 Å². The van der Waals surface area contributed by atoms with Crippen molar-refractivity contribution in [3.63, 3.8) is 0 Å². The van der Waals surface area contributed by atoms with Crippen molar-refractivity contribution in [2.24, 2.45) is 0 Å². The van der Waals surface area contributed by atoms with Crippen LogP contribution in [0.15, 0.2) is 82.5 Å². The van der Waals surface area contributed by atoms with Gasteiger partial charge in [0.05, 0.1) is 53.2 Å². The van der Waals surface area contributed by atoms with E-state index < -0.39 is 5.82 Å².